The Hall–Kier alpha value is 1.46. The molecular weight excluding hydrogens is 337 g/mol. The monoisotopic (exact) mass is 346 g/mol. The number of hydrogen-bond acceptors (Lipinski definition) is 1. The summed E-state index contributed by atoms with van der Waals surface area (Å²) in [6.45, 7) is 1.32. The van der Waals surface area contributed by atoms with Crippen LogP contribution in [-0.4, -0.2) is 6.29 Å². The van der Waals surface area contributed by atoms with Crippen LogP contribution in [0.1, 0.15) is 6.92 Å². The Kier molecular flexibility index (Phi) is 289. The normalized spacial score (nSPS) is 1.86. The molecule has 0 saturated heterocycles. The van der Waals surface area contributed by atoms with E-state index in [0.29, 0.717) is 0 Å². The smallest absolute Gasteiger partial charge is 0.542 e. The van der Waals surface area contributed by atoms with Gasteiger partial charge in [0.1, 0.15) is 0 Å². The molecule has 0 aromatic rings. The second-order valence-corrected chi connectivity index (χ2v) is 0.204. The third kappa shape index (κ3) is 104. The molecule has 0 aliphatic heterocycles. The van der Waals surface area contributed by atoms with Crippen molar-refractivity contribution in [2.24, 2.45) is 0 Å². The quantitative estimate of drug-likeness (QED) is 0.599. The number of carbonyl (C=O) groups excluding carboxylic acids is 1. The topological polar surface area (TPSA) is 17.1 Å². The molecule has 0 aromatic heterocycles. The minimum absolute atomic E-state index is 0. The summed E-state index contributed by atoms with van der Waals surface area (Å²) in [5.74, 6) is 0. The van der Waals surface area contributed by atoms with Crippen LogP contribution >= 0.6 is 0 Å². The second kappa shape index (κ2) is 51.4. The van der Waals surface area contributed by atoms with Crippen molar-refractivity contribution in [1.82, 2.24) is 0 Å². The van der Waals surface area contributed by atoms with E-state index in [1.807, 2.05) is 0 Å². The van der Waals surface area contributed by atoms with E-state index in [0.717, 1.165) is 0 Å². The van der Waals surface area contributed by atoms with Crippen LogP contribution < -0.4 is 0 Å². The molecule has 1 nitrogen and oxygen atoms in total. The first-order valence-electron chi connectivity index (χ1n) is 0.704. The third-order valence-corrected chi connectivity index (χ3v) is 0. The molecule has 0 aromatic carbocycles. The van der Waals surface area contributed by atoms with Gasteiger partial charge in [0.2, 0.25) is 0 Å². The summed E-state index contributed by atoms with van der Waals surface area (Å²) in [6, 6.07) is 0. The first-order valence-corrected chi connectivity index (χ1v) is 0.704. The average Bonchev–Trinajstić information content (AvgIpc) is 0.918. The zero-order valence-electron chi connectivity index (χ0n) is 4.89. The first-order chi connectivity index (χ1) is 1.41. The fraction of sp³-hybridized carbons (Fsp3) is 0.250. The van der Waals surface area contributed by atoms with E-state index < -0.39 is 0 Å². The standard InChI is InChI=1S/C2H3O.2CH3.W.Y/c1-2-3;;;;/h1H3;2*1H3;;/q3*-1;+2;. The molecule has 0 unspecified atom stereocenters. The molecule has 0 amide bonds. The van der Waals surface area contributed by atoms with Crippen LogP contribution in [0.15, 0.2) is 0 Å². The molecule has 0 N–H and O–H groups in total. The third-order valence-electron chi connectivity index (χ3n) is 0. The molecule has 0 atom stereocenters. The van der Waals surface area contributed by atoms with E-state index in [2.05, 4.69) is 0 Å². The maximum Gasteiger partial charge on any atom is 2.00 e. The Morgan fingerprint density at radius 3 is 1.29 bits per heavy atom. The Labute approximate surface area is 85.8 Å². The van der Waals surface area contributed by atoms with Gasteiger partial charge in [0.25, 0.3) is 0 Å². The minimum atomic E-state index is 0. The fourth-order valence-corrected chi connectivity index (χ4v) is 0. The van der Waals surface area contributed by atoms with E-state index in [9.17, 15) is 0 Å². The molecule has 0 fully saturated rings. The Balaban J connectivity index is -0.00000000333. The number of hydrogen-bond donors (Lipinski definition) is 0. The van der Waals surface area contributed by atoms with Crippen LogP contribution in [0.2, 0.25) is 0 Å². The molecule has 0 heterocycles. The molecule has 3 heteroatoms. The van der Waals surface area contributed by atoms with E-state index in [1.165, 1.54) is 13.2 Å². The average molecular weight is 346 g/mol. The minimum Gasteiger partial charge on any atom is -0.542 e. The van der Waals surface area contributed by atoms with Crippen LogP contribution in [0.5, 0.6) is 0 Å². The van der Waals surface area contributed by atoms with Crippen molar-refractivity contribution in [2.45, 2.75) is 6.92 Å². The summed E-state index contributed by atoms with van der Waals surface area (Å²) in [7, 11) is 0. The van der Waals surface area contributed by atoms with Crippen molar-refractivity contribution in [3.8, 4) is 0 Å². The van der Waals surface area contributed by atoms with Crippen molar-refractivity contribution in [3.63, 3.8) is 0 Å². The van der Waals surface area contributed by atoms with Gasteiger partial charge in [0.15, 0.2) is 0 Å². The van der Waals surface area contributed by atoms with Gasteiger partial charge in [0, 0.05) is 32.7 Å². The maximum absolute atomic E-state index is 8.68. The van der Waals surface area contributed by atoms with Gasteiger partial charge in [0.05, 0.1) is 0 Å². The largest absolute Gasteiger partial charge is 2.00 e. The zero-order chi connectivity index (χ0) is 2.71. The van der Waals surface area contributed by atoms with Gasteiger partial charge in [-0.25, -0.2) is 0 Å². The van der Waals surface area contributed by atoms with Crippen LogP contribution in [0, 0.1) is 14.9 Å². The van der Waals surface area contributed by atoms with Gasteiger partial charge >= 0.3 is 21.1 Å². The zero-order valence-corrected chi connectivity index (χ0v) is 10.7. The molecule has 0 bridgehead atoms. The van der Waals surface area contributed by atoms with E-state index in [4.69, 9.17) is 4.79 Å². The molecule has 0 aliphatic rings. The summed E-state index contributed by atoms with van der Waals surface area (Å²) in [5.41, 5.74) is 0. The maximum atomic E-state index is 8.68. The van der Waals surface area contributed by atoms with Crippen molar-refractivity contribution < 1.29 is 58.6 Å². The fourth-order valence-electron chi connectivity index (χ4n) is 0. The van der Waals surface area contributed by atoms with Gasteiger partial charge in [-0.1, -0.05) is 0 Å². The molecule has 0 saturated carbocycles. The van der Waals surface area contributed by atoms with Crippen molar-refractivity contribution in [2.75, 3.05) is 0 Å². The molecular formula is C4H9OWY-. The van der Waals surface area contributed by atoms with E-state index in [1.54, 1.807) is 0 Å². The van der Waals surface area contributed by atoms with Crippen molar-refractivity contribution in [3.05, 3.63) is 14.9 Å². The molecule has 7 heavy (non-hydrogen) atoms. The molecule has 1 radical (unpaired) electrons. The van der Waals surface area contributed by atoms with Gasteiger partial charge in [-0.05, 0) is 0 Å². The summed E-state index contributed by atoms with van der Waals surface area (Å²) in [5, 5.41) is 0. The van der Waals surface area contributed by atoms with Gasteiger partial charge < -0.3 is 19.6 Å². The van der Waals surface area contributed by atoms with Gasteiger partial charge in [-0.3, -0.25) is 6.29 Å². The Bertz CT molecular complexity index is 19.2. The Morgan fingerprint density at radius 1 is 1.29 bits per heavy atom. The summed E-state index contributed by atoms with van der Waals surface area (Å²) >= 11 is 0. The number of rotatable bonds is 0. The van der Waals surface area contributed by atoms with Crippen molar-refractivity contribution in [1.29, 1.82) is 0 Å². The van der Waals surface area contributed by atoms with Gasteiger partial charge in [-0.15, -0.1) is 0 Å². The summed E-state index contributed by atoms with van der Waals surface area (Å²) in [4.78, 5) is 8.68. The van der Waals surface area contributed by atoms with Crippen LogP contribution in [0.3, 0.4) is 0 Å². The molecule has 0 rings (SSSR count). The predicted octanol–water partition coefficient (Wildman–Crippen LogP) is 1.01. The molecule has 41 valence electrons. The van der Waals surface area contributed by atoms with Gasteiger partial charge in [-0.2, -0.15) is 6.92 Å². The van der Waals surface area contributed by atoms with Crippen LogP contribution in [-0.2, 0) is 58.6 Å². The summed E-state index contributed by atoms with van der Waals surface area (Å²) < 4.78 is 0. The predicted molar refractivity (Wildman–Crippen MR) is 24.2 cm³/mol. The van der Waals surface area contributed by atoms with E-state index in [-0.39, 0.29) is 68.6 Å². The summed E-state index contributed by atoms with van der Waals surface area (Å²) in [6.07, 6.45) is 1.50. The molecule has 0 aliphatic carbocycles. The first kappa shape index (κ1) is 39.3. The SMILES string of the molecule is C[C-]=O.[CH3-].[CH3-].[W+2].[Y]. The second-order valence-electron chi connectivity index (χ2n) is 0.204. The van der Waals surface area contributed by atoms with Crippen LogP contribution in [0.25, 0.3) is 0 Å². The Morgan fingerprint density at radius 2 is 1.29 bits per heavy atom. The van der Waals surface area contributed by atoms with E-state index >= 15 is 0 Å². The van der Waals surface area contributed by atoms with Crippen molar-refractivity contribution >= 4 is 6.29 Å². The molecule has 0 spiro atoms. The van der Waals surface area contributed by atoms with Crippen LogP contribution in [0.4, 0.5) is 0 Å².